The Labute approximate surface area is 408 Å². The molecule has 66 heavy (non-hydrogen) atoms. The Balaban J connectivity index is 3.08. The molecule has 0 rings (SSSR count). The molecule has 0 saturated heterocycles. The molecular formula is C55H110O11. The first-order chi connectivity index (χ1) is 32.9. The van der Waals surface area contributed by atoms with E-state index in [1.165, 1.54) is 173 Å². The monoisotopic (exact) mass is 947 g/mol. The lowest BCUT2D eigenvalue weighted by atomic mass is 10.0. The Bertz CT molecular complexity index is 852. The highest BCUT2D eigenvalue weighted by molar-refractivity contribution is 4.81. The molecule has 0 atom stereocenters. The van der Waals surface area contributed by atoms with Crippen molar-refractivity contribution in [2.45, 2.75) is 200 Å². The molecule has 0 aliphatic rings. The molecule has 11 heteroatoms. The normalized spacial score (nSPS) is 11.8. The molecule has 0 aliphatic heterocycles. The van der Waals surface area contributed by atoms with E-state index in [4.69, 9.17) is 52.1 Å². The third-order valence-electron chi connectivity index (χ3n) is 11.4. The maximum Gasteiger partial charge on any atom is 0.0701 e. The van der Waals surface area contributed by atoms with Gasteiger partial charge in [0.05, 0.1) is 132 Å². The summed E-state index contributed by atoms with van der Waals surface area (Å²) in [6, 6.07) is 0. The van der Waals surface area contributed by atoms with Crippen molar-refractivity contribution in [1.82, 2.24) is 0 Å². The predicted molar refractivity (Wildman–Crippen MR) is 273 cm³/mol. The first kappa shape index (κ1) is 65.3. The van der Waals surface area contributed by atoms with Crippen molar-refractivity contribution in [1.29, 1.82) is 0 Å². The minimum absolute atomic E-state index is 0.527. The summed E-state index contributed by atoms with van der Waals surface area (Å²) in [6.07, 6.45) is 44.1. The Morgan fingerprint density at radius 3 is 0.515 bits per heavy atom. The van der Waals surface area contributed by atoms with Crippen LogP contribution in [0.2, 0.25) is 0 Å². The highest BCUT2D eigenvalue weighted by Crippen LogP contribution is 2.14. The van der Waals surface area contributed by atoms with Gasteiger partial charge in [0.2, 0.25) is 0 Å². The van der Waals surface area contributed by atoms with Gasteiger partial charge < -0.3 is 52.1 Å². The van der Waals surface area contributed by atoms with E-state index < -0.39 is 0 Å². The van der Waals surface area contributed by atoms with Crippen LogP contribution < -0.4 is 0 Å². The summed E-state index contributed by atoms with van der Waals surface area (Å²) < 4.78 is 61.5. The predicted octanol–water partition coefficient (Wildman–Crippen LogP) is 13.1. The molecule has 0 radical (unpaired) electrons. The van der Waals surface area contributed by atoms with Gasteiger partial charge in [-0.3, -0.25) is 0 Å². The second kappa shape index (κ2) is 64.3. The summed E-state index contributed by atoms with van der Waals surface area (Å²) in [5.74, 6) is 0. The Morgan fingerprint density at radius 1 is 0.167 bits per heavy atom. The largest absolute Gasteiger partial charge is 0.379 e. The third-order valence-corrected chi connectivity index (χ3v) is 11.4. The van der Waals surface area contributed by atoms with Crippen LogP contribution in [0.15, 0.2) is 12.2 Å². The van der Waals surface area contributed by atoms with Gasteiger partial charge in [0.1, 0.15) is 0 Å². The smallest absolute Gasteiger partial charge is 0.0701 e. The van der Waals surface area contributed by atoms with E-state index in [1.807, 2.05) is 0 Å². The number of hydrogen-bond donors (Lipinski definition) is 0. The second-order valence-corrected chi connectivity index (χ2v) is 17.6. The highest BCUT2D eigenvalue weighted by atomic mass is 16.6. The average Bonchev–Trinajstić information content (AvgIpc) is 3.33. The Hall–Kier alpha value is -0.700. The molecule has 0 spiro atoms. The van der Waals surface area contributed by atoms with Gasteiger partial charge in [0.25, 0.3) is 0 Å². The van der Waals surface area contributed by atoms with Crippen molar-refractivity contribution in [2.75, 3.05) is 145 Å². The maximum atomic E-state index is 5.71. The highest BCUT2D eigenvalue weighted by Gasteiger charge is 1.99. The molecule has 0 saturated carbocycles. The van der Waals surface area contributed by atoms with Crippen molar-refractivity contribution >= 4 is 0 Å². The van der Waals surface area contributed by atoms with Crippen molar-refractivity contribution < 1.29 is 52.1 Å². The maximum absolute atomic E-state index is 5.71. The number of unbranched alkanes of at least 4 members (excludes halogenated alkanes) is 26. The molecule has 0 aromatic rings. The van der Waals surface area contributed by atoms with Gasteiger partial charge in [-0.25, -0.2) is 0 Å². The lowest BCUT2D eigenvalue weighted by Gasteiger charge is -2.09. The number of rotatable bonds is 62. The molecule has 0 amide bonds. The average molecular weight is 947 g/mol. The van der Waals surface area contributed by atoms with E-state index >= 15 is 0 Å². The fourth-order valence-corrected chi connectivity index (χ4v) is 7.33. The van der Waals surface area contributed by atoms with Crippen LogP contribution >= 0.6 is 0 Å². The molecule has 0 aromatic heterocycles. The van der Waals surface area contributed by atoms with Gasteiger partial charge in [-0.05, 0) is 38.5 Å². The third kappa shape index (κ3) is 63.3. The molecule has 0 fully saturated rings. The van der Waals surface area contributed by atoms with E-state index in [0.29, 0.717) is 132 Å². The molecule has 0 aromatic carbocycles. The van der Waals surface area contributed by atoms with Gasteiger partial charge >= 0.3 is 0 Å². The zero-order chi connectivity index (χ0) is 47.3. The minimum Gasteiger partial charge on any atom is -0.379 e. The van der Waals surface area contributed by atoms with Crippen molar-refractivity contribution in [3.05, 3.63) is 12.2 Å². The summed E-state index contributed by atoms with van der Waals surface area (Å²) in [6.45, 7) is 17.4. The molecular weight excluding hydrogens is 837 g/mol. The zero-order valence-corrected chi connectivity index (χ0v) is 43.7. The summed E-state index contributed by atoms with van der Waals surface area (Å²) in [7, 11) is 0. The first-order valence-corrected chi connectivity index (χ1v) is 27.9. The van der Waals surface area contributed by atoms with Gasteiger partial charge in [0, 0.05) is 13.2 Å². The summed E-state index contributed by atoms with van der Waals surface area (Å²) in [4.78, 5) is 0. The van der Waals surface area contributed by atoms with E-state index in [9.17, 15) is 0 Å². The number of allylic oxidation sites excluding steroid dienone is 2. The van der Waals surface area contributed by atoms with Gasteiger partial charge in [-0.2, -0.15) is 0 Å². The molecule has 0 N–H and O–H groups in total. The van der Waals surface area contributed by atoms with Crippen LogP contribution in [0.4, 0.5) is 0 Å². The summed E-state index contributed by atoms with van der Waals surface area (Å²) in [5.41, 5.74) is 0. The van der Waals surface area contributed by atoms with E-state index in [-0.39, 0.29) is 0 Å². The number of ether oxygens (including phenoxy) is 11. The molecule has 0 unspecified atom stereocenters. The zero-order valence-electron chi connectivity index (χ0n) is 43.7. The van der Waals surface area contributed by atoms with Gasteiger partial charge in [0.15, 0.2) is 0 Å². The number of hydrogen-bond acceptors (Lipinski definition) is 11. The van der Waals surface area contributed by atoms with Crippen LogP contribution in [0.5, 0.6) is 0 Å². The quantitative estimate of drug-likeness (QED) is 0.0430. The van der Waals surface area contributed by atoms with Gasteiger partial charge in [-0.1, -0.05) is 174 Å². The summed E-state index contributed by atoms with van der Waals surface area (Å²) >= 11 is 0. The van der Waals surface area contributed by atoms with Gasteiger partial charge in [-0.15, -0.1) is 0 Å². The standard InChI is InChI=1S/C55H110O11/c1-3-5-7-9-11-13-15-17-19-20-21-23-25-27-29-31-33-35-57-37-39-59-41-43-61-45-47-63-49-51-65-53-55-66-54-52-64-50-48-62-46-44-60-42-40-58-38-36-56-34-32-30-28-26-24-22-18-16-14-12-10-8-6-4-2/h19-20H,3-18,21-55H2,1-2H3/b20-19-. The fraction of sp³-hybridized carbons (Fsp3) is 0.964. The van der Waals surface area contributed by atoms with Crippen LogP contribution in [-0.4, -0.2) is 145 Å². The van der Waals surface area contributed by atoms with Crippen LogP contribution in [0, 0.1) is 0 Å². The minimum atomic E-state index is 0.527. The van der Waals surface area contributed by atoms with E-state index in [1.54, 1.807) is 0 Å². The summed E-state index contributed by atoms with van der Waals surface area (Å²) in [5, 5.41) is 0. The van der Waals surface area contributed by atoms with Crippen LogP contribution in [0.3, 0.4) is 0 Å². The molecule has 0 heterocycles. The van der Waals surface area contributed by atoms with Crippen LogP contribution in [0.1, 0.15) is 200 Å². The van der Waals surface area contributed by atoms with E-state index in [2.05, 4.69) is 26.0 Å². The van der Waals surface area contributed by atoms with Crippen molar-refractivity contribution in [2.24, 2.45) is 0 Å². The lowest BCUT2D eigenvalue weighted by molar-refractivity contribution is -0.0275. The van der Waals surface area contributed by atoms with Crippen LogP contribution in [0.25, 0.3) is 0 Å². The molecule has 0 bridgehead atoms. The second-order valence-electron chi connectivity index (χ2n) is 17.6. The van der Waals surface area contributed by atoms with E-state index in [0.717, 1.165) is 26.1 Å². The van der Waals surface area contributed by atoms with Crippen molar-refractivity contribution in [3.63, 3.8) is 0 Å². The molecule has 11 nitrogen and oxygen atoms in total. The first-order valence-electron chi connectivity index (χ1n) is 27.9. The molecule has 396 valence electrons. The lowest BCUT2D eigenvalue weighted by Crippen LogP contribution is -2.15. The SMILES string of the molecule is CCCCCCCCC/C=C\CCCCCCCCOCCOCCOCCOCCOCCOCCOCCOCCOCCOCCOCCCCCCCCCCCCCCCC. The fourth-order valence-electron chi connectivity index (χ4n) is 7.33. The van der Waals surface area contributed by atoms with Crippen LogP contribution in [-0.2, 0) is 52.1 Å². The van der Waals surface area contributed by atoms with Crippen molar-refractivity contribution in [3.8, 4) is 0 Å². The molecule has 0 aliphatic carbocycles. The topological polar surface area (TPSA) is 102 Å². The Morgan fingerprint density at radius 2 is 0.318 bits per heavy atom. The Kier molecular flexibility index (Phi) is 63.6.